The number of carboxylic acid groups (broad SMARTS) is 1. The molecule has 4 aromatic heterocycles. The second-order valence-corrected chi connectivity index (χ2v) is 26.4. The number of pyridine rings is 1. The lowest BCUT2D eigenvalue weighted by Crippen LogP contribution is -2.57. The van der Waals surface area contributed by atoms with Crippen LogP contribution in [0.3, 0.4) is 0 Å². The summed E-state index contributed by atoms with van der Waals surface area (Å²) in [5.74, 6) is -2.20. The summed E-state index contributed by atoms with van der Waals surface area (Å²) in [6.07, 6.45) is 7.44. The first kappa shape index (κ1) is 62.1. The molecule has 1 saturated heterocycles. The van der Waals surface area contributed by atoms with Crippen molar-refractivity contribution in [3.8, 4) is 27.4 Å². The zero-order valence-corrected chi connectivity index (χ0v) is 51.9. The number of aliphatic hydroxyl groups excluding tert-OH is 1. The number of nitrogens with one attached hydrogen (secondary N) is 3. The number of carbonyl (C=O) groups excluding carboxylic acids is 4. The van der Waals surface area contributed by atoms with Gasteiger partial charge in [-0.05, 0) is 134 Å². The van der Waals surface area contributed by atoms with Gasteiger partial charge in [0.05, 0.1) is 45.1 Å². The lowest BCUT2D eigenvalue weighted by molar-refractivity contribution is -0.144. The third-order valence-electron chi connectivity index (χ3n) is 16.0. The van der Waals surface area contributed by atoms with Crippen LogP contribution in [0.25, 0.3) is 31.9 Å². The first-order chi connectivity index (χ1) is 41.9. The summed E-state index contributed by atoms with van der Waals surface area (Å²) in [5.41, 5.74) is 9.00. The minimum absolute atomic E-state index is 0.00557. The molecule has 4 atom stereocenters. The Bertz CT molecular complexity index is 3740. The number of fused-ring (bicyclic) bond motifs is 2. The number of aryl methyl sites for hydroxylation is 3. The highest BCUT2D eigenvalue weighted by Crippen LogP contribution is 2.35. The van der Waals surface area contributed by atoms with Crippen LogP contribution in [0.1, 0.15) is 139 Å². The number of hydrogen-bond acceptors (Lipinski definition) is 15. The Morgan fingerprint density at radius 2 is 1.61 bits per heavy atom. The molecule has 0 radical (unpaired) electrons. The summed E-state index contributed by atoms with van der Waals surface area (Å²) in [6, 6.07) is 27.8. The van der Waals surface area contributed by atoms with Crippen molar-refractivity contribution in [2.45, 2.75) is 136 Å². The molecule has 4 amide bonds. The molecule has 10 rings (SSSR count). The first-order valence-electron chi connectivity index (χ1n) is 29.6. The molecule has 2 aliphatic heterocycles. The number of carbonyl (C=O) groups is 5. The van der Waals surface area contributed by atoms with Crippen molar-refractivity contribution in [3.05, 3.63) is 159 Å². The van der Waals surface area contributed by atoms with Crippen LogP contribution >= 0.6 is 34.0 Å². The van der Waals surface area contributed by atoms with E-state index in [4.69, 9.17) is 4.74 Å². The van der Waals surface area contributed by atoms with Crippen molar-refractivity contribution in [2.24, 2.45) is 5.41 Å². The molecule has 8 aromatic rings. The predicted molar refractivity (Wildman–Crippen MR) is 339 cm³/mol. The number of anilines is 2. The monoisotopic (exact) mass is 1230 g/mol. The first-order valence-corrected chi connectivity index (χ1v) is 32.1. The van der Waals surface area contributed by atoms with Gasteiger partial charge in [0.15, 0.2) is 16.0 Å². The Balaban J connectivity index is 0.631. The van der Waals surface area contributed by atoms with Gasteiger partial charge < -0.3 is 35.4 Å². The highest BCUT2D eigenvalue weighted by Gasteiger charge is 2.45. The van der Waals surface area contributed by atoms with Gasteiger partial charge in [-0.2, -0.15) is 0 Å². The van der Waals surface area contributed by atoms with Crippen LogP contribution in [0, 0.1) is 18.2 Å². The number of halogens is 1. The molecular weight excluding hydrogens is 1160 g/mol. The Morgan fingerprint density at radius 1 is 0.851 bits per heavy atom. The maximum absolute atomic E-state index is 15.5. The van der Waals surface area contributed by atoms with E-state index >= 15 is 4.39 Å². The number of rotatable bonds is 24. The maximum Gasteiger partial charge on any atom is 0.355 e. The van der Waals surface area contributed by atoms with Crippen molar-refractivity contribution >= 4 is 84.1 Å². The SMILES string of the molecule is Cc1ncsc1-c1ccc([C@H](C)NC(=O)[C@@H]2C[C@@H](O)CN2C(=O)[C@@H](NC(=O)CCCCCCCc2cnc(-c3ccc(OCCCc4sc(N5CCc6cccc(C(=O)Nc7nc8ccccc8s7)c6C5)nc4C(=O)O)cc3)c(F)c2)C(C)(C)C)cc1. The third kappa shape index (κ3) is 15.2. The molecule has 0 bridgehead atoms. The van der Waals surface area contributed by atoms with E-state index in [1.165, 1.54) is 33.6 Å². The van der Waals surface area contributed by atoms with Crippen LogP contribution in [0.5, 0.6) is 5.75 Å². The summed E-state index contributed by atoms with van der Waals surface area (Å²) >= 11 is 4.33. The number of carboxylic acids is 1. The topological polar surface area (TPSA) is 229 Å². The molecule has 0 unspecified atom stereocenters. The van der Waals surface area contributed by atoms with Crippen LogP contribution in [-0.4, -0.2) is 103 Å². The molecule has 0 saturated carbocycles. The van der Waals surface area contributed by atoms with Crippen LogP contribution in [0.4, 0.5) is 14.7 Å². The number of aliphatic hydroxyl groups is 1. The molecule has 1 fully saturated rings. The highest BCUT2D eigenvalue weighted by molar-refractivity contribution is 7.22. The van der Waals surface area contributed by atoms with E-state index in [0.717, 1.165) is 74.3 Å². The Kier molecular flexibility index (Phi) is 19.8. The lowest BCUT2D eigenvalue weighted by atomic mass is 9.85. The molecule has 454 valence electrons. The largest absolute Gasteiger partial charge is 0.494 e. The number of para-hydroxylation sites is 1. The normalized spacial score (nSPS) is 15.7. The number of hydrogen-bond donors (Lipinski definition) is 5. The number of aromatic carboxylic acids is 1. The Morgan fingerprint density at radius 3 is 2.34 bits per heavy atom. The summed E-state index contributed by atoms with van der Waals surface area (Å²) in [6.45, 7) is 10.8. The summed E-state index contributed by atoms with van der Waals surface area (Å²) in [7, 11) is 0. The Labute approximate surface area is 517 Å². The number of ether oxygens (including phenoxy) is 1. The molecular formula is C66H72FN9O8S3. The Hall–Kier alpha value is -7.98. The summed E-state index contributed by atoms with van der Waals surface area (Å²) in [5, 5.41) is 30.9. The van der Waals surface area contributed by atoms with Gasteiger partial charge >= 0.3 is 5.97 Å². The third-order valence-corrected chi connectivity index (χ3v) is 19.1. The lowest BCUT2D eigenvalue weighted by Gasteiger charge is -2.35. The van der Waals surface area contributed by atoms with Crippen LogP contribution in [0.15, 0.2) is 109 Å². The van der Waals surface area contributed by atoms with Crippen LogP contribution < -0.4 is 25.6 Å². The molecule has 2 aliphatic rings. The molecule has 21 heteroatoms. The number of aromatic nitrogens is 4. The fourth-order valence-corrected chi connectivity index (χ4v) is 14.0. The number of likely N-dealkylation sites (tertiary alicyclic amines) is 1. The van der Waals surface area contributed by atoms with E-state index in [1.54, 1.807) is 47.9 Å². The molecule has 5 N–H and O–H groups in total. The molecule has 17 nitrogen and oxygen atoms in total. The van der Waals surface area contributed by atoms with Crippen LogP contribution in [-0.2, 0) is 40.2 Å². The standard InChI is InChI=1S/C66H72FN9O8S3/c1-39(42-22-24-45(25-23-42)58-40(2)69-38-85-58)70-61(80)52-34-46(77)36-76(52)62(81)59(66(3,4)5)72-55(78)21-10-8-6-7-9-15-41-33-50(67)56(68-35-41)44-26-28-47(29-27-44)84-32-14-20-54-57(63(82)83)73-65(87-54)75-31-30-43-16-13-17-48(49(43)37-75)60(79)74-64-71-51-18-11-12-19-53(51)86-64/h11-13,16-19,22-29,33,35,38-39,46,52,59,77H,6-10,14-15,20-21,30-32,34,36-37H2,1-5H3,(H,70,80)(H,72,78)(H,82,83)(H,71,74,79)/t39-,46+,52-,59+/m0/s1. The summed E-state index contributed by atoms with van der Waals surface area (Å²) < 4.78 is 22.5. The van der Waals surface area contributed by atoms with Crippen molar-refractivity contribution in [3.63, 3.8) is 0 Å². The molecule has 6 heterocycles. The second-order valence-electron chi connectivity index (χ2n) is 23.4. The number of unbranched alkanes of at least 4 members (excludes halogenated alkanes) is 4. The number of nitrogens with zero attached hydrogens (tertiary/aromatic N) is 6. The highest BCUT2D eigenvalue weighted by atomic mass is 32.1. The van der Waals surface area contributed by atoms with Gasteiger partial charge in [-0.15, -0.1) is 22.7 Å². The maximum atomic E-state index is 15.5. The number of β-amino-alcohol motifs (C(OH)–C–C–N with tert-alkyl or cyclic N) is 1. The van der Waals surface area contributed by atoms with Crippen molar-refractivity contribution in [1.29, 1.82) is 0 Å². The van der Waals surface area contributed by atoms with Gasteiger partial charge in [0.1, 0.15) is 29.3 Å². The van der Waals surface area contributed by atoms with Gasteiger partial charge in [0, 0.05) is 54.7 Å². The second kappa shape index (κ2) is 27.8. The minimum atomic E-state index is -1.10. The van der Waals surface area contributed by atoms with E-state index in [9.17, 15) is 34.2 Å². The van der Waals surface area contributed by atoms with Gasteiger partial charge in [-0.25, -0.2) is 24.1 Å². The van der Waals surface area contributed by atoms with Crippen LogP contribution in [0.2, 0.25) is 0 Å². The minimum Gasteiger partial charge on any atom is -0.494 e. The van der Waals surface area contributed by atoms with E-state index in [2.05, 4.69) is 35.9 Å². The molecule has 0 spiro atoms. The zero-order chi connectivity index (χ0) is 61.4. The van der Waals surface area contributed by atoms with E-state index in [1.807, 2.05) is 106 Å². The van der Waals surface area contributed by atoms with Crippen molar-refractivity contribution in [2.75, 3.05) is 29.9 Å². The van der Waals surface area contributed by atoms with E-state index in [-0.39, 0.29) is 54.5 Å². The fraction of sp³-hybridized carbons (Fsp3) is 0.379. The zero-order valence-electron chi connectivity index (χ0n) is 49.4. The predicted octanol–water partition coefficient (Wildman–Crippen LogP) is 12.2. The fourth-order valence-electron chi connectivity index (χ4n) is 11.2. The van der Waals surface area contributed by atoms with Gasteiger partial charge in [-0.3, -0.25) is 29.5 Å². The van der Waals surface area contributed by atoms with E-state index < -0.39 is 41.3 Å². The quantitative estimate of drug-likeness (QED) is 0.0355. The average Bonchev–Trinajstić information content (AvgIpc) is 2.58. The number of benzene rings is 4. The van der Waals surface area contributed by atoms with Crippen molar-refractivity contribution < 1.29 is 43.3 Å². The molecule has 0 aliphatic carbocycles. The van der Waals surface area contributed by atoms with Gasteiger partial charge in [0.25, 0.3) is 5.91 Å². The average molecular weight is 1230 g/mol. The van der Waals surface area contributed by atoms with Crippen molar-refractivity contribution in [1.82, 2.24) is 35.5 Å². The number of thiazole rings is 3. The number of amides is 4. The van der Waals surface area contributed by atoms with E-state index in [0.29, 0.717) is 83.8 Å². The molecule has 87 heavy (non-hydrogen) atoms. The summed E-state index contributed by atoms with van der Waals surface area (Å²) in [4.78, 5) is 90.3. The van der Waals surface area contributed by atoms with Gasteiger partial charge in [-0.1, -0.05) is 99.9 Å². The molecule has 4 aromatic carbocycles. The van der Waals surface area contributed by atoms with Gasteiger partial charge in [0.2, 0.25) is 17.7 Å². The smallest absolute Gasteiger partial charge is 0.355 e.